The lowest BCUT2D eigenvalue weighted by Crippen LogP contribution is -2.23. The maximum absolute atomic E-state index is 11.9. The molecule has 2 rings (SSSR count). The molecule has 1 amide bonds. The Hall–Kier alpha value is -2.31. The molecular formula is C16H13ClN2O3S. The Bertz CT molecular complexity index is 747. The van der Waals surface area contributed by atoms with Crippen molar-refractivity contribution in [2.75, 3.05) is 6.54 Å². The zero-order valence-corrected chi connectivity index (χ0v) is 13.6. The van der Waals surface area contributed by atoms with Crippen LogP contribution in [0.5, 0.6) is 0 Å². The molecule has 0 radical (unpaired) electrons. The van der Waals surface area contributed by atoms with Gasteiger partial charge >= 0.3 is 0 Å². The molecule has 0 aliphatic carbocycles. The van der Waals surface area contributed by atoms with Gasteiger partial charge in [0.1, 0.15) is 0 Å². The first kappa shape index (κ1) is 17.1. The van der Waals surface area contributed by atoms with E-state index in [4.69, 9.17) is 11.6 Å². The number of nitrogens with zero attached hydrogens (tertiary/aromatic N) is 1. The summed E-state index contributed by atoms with van der Waals surface area (Å²) >= 11 is 7.07. The van der Waals surface area contributed by atoms with E-state index in [1.165, 1.54) is 23.9 Å². The molecule has 2 aromatic carbocycles. The maximum Gasteiger partial charge on any atom is 0.284 e. The monoisotopic (exact) mass is 348 g/mol. The molecule has 0 aliphatic heterocycles. The maximum atomic E-state index is 11.9. The van der Waals surface area contributed by atoms with Crippen LogP contribution < -0.4 is 5.32 Å². The fourth-order valence-corrected chi connectivity index (χ4v) is 2.81. The first-order chi connectivity index (χ1) is 11.0. The highest BCUT2D eigenvalue weighted by atomic mass is 35.5. The van der Waals surface area contributed by atoms with Crippen molar-refractivity contribution >= 4 is 35.0 Å². The third-order valence-corrected chi connectivity index (χ3v) is 4.19. The van der Waals surface area contributed by atoms with E-state index in [1.54, 1.807) is 36.4 Å². The van der Waals surface area contributed by atoms with Gasteiger partial charge in [0.15, 0.2) is 0 Å². The molecule has 5 nitrogen and oxygen atoms in total. The zero-order chi connectivity index (χ0) is 16.8. The van der Waals surface area contributed by atoms with Gasteiger partial charge < -0.3 is 5.32 Å². The van der Waals surface area contributed by atoms with E-state index in [0.717, 1.165) is 4.90 Å². The van der Waals surface area contributed by atoms with Gasteiger partial charge in [-0.1, -0.05) is 29.4 Å². The Kier molecular flexibility index (Phi) is 5.78. The minimum Gasteiger partial charge on any atom is -0.349 e. The summed E-state index contributed by atoms with van der Waals surface area (Å²) < 4.78 is 0. The minimum atomic E-state index is -0.497. The number of nitro benzene ring substituents is 1. The number of hydrogen-bond acceptors (Lipinski definition) is 4. The number of nitro groups is 1. The molecule has 0 aliphatic rings. The number of amides is 1. The molecule has 23 heavy (non-hydrogen) atoms. The molecule has 0 heterocycles. The summed E-state index contributed by atoms with van der Waals surface area (Å²) in [5, 5.41) is 14.5. The van der Waals surface area contributed by atoms with Gasteiger partial charge in [-0.15, -0.1) is 6.58 Å². The predicted molar refractivity (Wildman–Crippen MR) is 91.2 cm³/mol. The van der Waals surface area contributed by atoms with Gasteiger partial charge in [0.2, 0.25) is 0 Å². The second-order valence-corrected chi connectivity index (χ2v) is 6.05. The lowest BCUT2D eigenvalue weighted by molar-refractivity contribution is -0.387. The van der Waals surface area contributed by atoms with Crippen molar-refractivity contribution in [1.82, 2.24) is 5.32 Å². The molecule has 0 atom stereocenters. The normalized spacial score (nSPS) is 10.1. The highest BCUT2D eigenvalue weighted by Crippen LogP contribution is 2.35. The van der Waals surface area contributed by atoms with Crippen molar-refractivity contribution < 1.29 is 9.72 Å². The average Bonchev–Trinajstić information content (AvgIpc) is 2.54. The summed E-state index contributed by atoms with van der Waals surface area (Å²) in [5.74, 6) is -0.379. The average molecular weight is 349 g/mol. The summed E-state index contributed by atoms with van der Waals surface area (Å²) in [6, 6.07) is 11.4. The fraction of sp³-hybridized carbons (Fsp3) is 0.0625. The van der Waals surface area contributed by atoms with Gasteiger partial charge in [-0.05, 0) is 36.4 Å². The molecule has 0 aromatic heterocycles. The van der Waals surface area contributed by atoms with Crippen LogP contribution in [-0.2, 0) is 0 Å². The Balaban J connectivity index is 2.29. The van der Waals surface area contributed by atoms with E-state index in [2.05, 4.69) is 11.9 Å². The van der Waals surface area contributed by atoms with Crippen LogP contribution in [0, 0.1) is 10.1 Å². The van der Waals surface area contributed by atoms with Gasteiger partial charge in [0, 0.05) is 28.1 Å². The molecule has 0 unspecified atom stereocenters. The molecule has 1 N–H and O–H groups in total. The van der Waals surface area contributed by atoms with Crippen molar-refractivity contribution in [1.29, 1.82) is 0 Å². The quantitative estimate of drug-likeness (QED) is 0.479. The van der Waals surface area contributed by atoms with Crippen molar-refractivity contribution in [3.63, 3.8) is 0 Å². The lowest BCUT2D eigenvalue weighted by atomic mass is 10.2. The van der Waals surface area contributed by atoms with E-state index in [1.807, 2.05) is 0 Å². The Morgan fingerprint density at radius 3 is 2.61 bits per heavy atom. The third-order valence-electron chi connectivity index (χ3n) is 2.87. The van der Waals surface area contributed by atoms with Gasteiger partial charge in [-0.25, -0.2) is 0 Å². The van der Waals surface area contributed by atoms with Gasteiger partial charge in [-0.3, -0.25) is 14.9 Å². The number of halogens is 1. The zero-order valence-electron chi connectivity index (χ0n) is 12.0. The Labute approximate surface area is 142 Å². The van der Waals surface area contributed by atoms with E-state index in [0.29, 0.717) is 16.5 Å². The van der Waals surface area contributed by atoms with Crippen LogP contribution in [0.25, 0.3) is 0 Å². The number of carbonyl (C=O) groups excluding carboxylic acids is 1. The van der Waals surface area contributed by atoms with Crippen molar-refractivity contribution in [3.05, 3.63) is 75.8 Å². The molecule has 0 spiro atoms. The number of nitrogens with one attached hydrogen (secondary N) is 1. The standard InChI is InChI=1S/C16H13ClN2O3S/c1-2-9-18-16(20)11-3-8-15(14(10-11)19(21)22)23-13-6-4-12(17)5-7-13/h2-8,10H,1,9H2,(H,18,20). The predicted octanol–water partition coefficient (Wildman–Crippen LogP) is 4.32. The van der Waals surface area contributed by atoms with E-state index < -0.39 is 4.92 Å². The molecule has 0 saturated carbocycles. The SMILES string of the molecule is C=CCNC(=O)c1ccc(Sc2ccc(Cl)cc2)c([N+](=O)[O-])c1. The van der Waals surface area contributed by atoms with Gasteiger partial charge in [-0.2, -0.15) is 0 Å². The van der Waals surface area contributed by atoms with Crippen LogP contribution in [-0.4, -0.2) is 17.4 Å². The van der Waals surface area contributed by atoms with Crippen molar-refractivity contribution in [3.8, 4) is 0 Å². The molecule has 0 saturated heterocycles. The second kappa shape index (κ2) is 7.80. The summed E-state index contributed by atoms with van der Waals surface area (Å²) in [6.45, 7) is 3.80. The second-order valence-electron chi connectivity index (χ2n) is 4.49. The van der Waals surface area contributed by atoms with Crippen LogP contribution in [0.2, 0.25) is 5.02 Å². The van der Waals surface area contributed by atoms with E-state index >= 15 is 0 Å². The first-order valence-electron chi connectivity index (χ1n) is 6.62. The Morgan fingerprint density at radius 2 is 2.00 bits per heavy atom. The fourth-order valence-electron chi connectivity index (χ4n) is 1.78. The van der Waals surface area contributed by atoms with Crippen LogP contribution in [0.4, 0.5) is 5.69 Å². The Morgan fingerprint density at radius 1 is 1.30 bits per heavy atom. The number of hydrogen-bond donors (Lipinski definition) is 1. The van der Waals surface area contributed by atoms with Gasteiger partial charge in [0.05, 0.1) is 9.82 Å². The summed E-state index contributed by atoms with van der Waals surface area (Å²) in [7, 11) is 0. The topological polar surface area (TPSA) is 72.2 Å². The smallest absolute Gasteiger partial charge is 0.284 e. The van der Waals surface area contributed by atoms with Crippen LogP contribution in [0.1, 0.15) is 10.4 Å². The summed E-state index contributed by atoms with van der Waals surface area (Å²) in [4.78, 5) is 23.9. The van der Waals surface area contributed by atoms with Crippen molar-refractivity contribution in [2.45, 2.75) is 9.79 Å². The molecule has 2 aromatic rings. The largest absolute Gasteiger partial charge is 0.349 e. The third kappa shape index (κ3) is 4.58. The molecule has 0 fully saturated rings. The molecule has 118 valence electrons. The summed E-state index contributed by atoms with van der Waals surface area (Å²) in [5.41, 5.74) is 0.121. The molecular weight excluding hydrogens is 336 g/mol. The molecule has 7 heteroatoms. The lowest BCUT2D eigenvalue weighted by Gasteiger charge is -2.06. The number of rotatable bonds is 6. The highest BCUT2D eigenvalue weighted by molar-refractivity contribution is 7.99. The van der Waals surface area contributed by atoms with Crippen LogP contribution >= 0.6 is 23.4 Å². The summed E-state index contributed by atoms with van der Waals surface area (Å²) in [6.07, 6.45) is 1.54. The highest BCUT2D eigenvalue weighted by Gasteiger charge is 2.18. The van der Waals surface area contributed by atoms with Crippen molar-refractivity contribution in [2.24, 2.45) is 0 Å². The van der Waals surface area contributed by atoms with Crippen LogP contribution in [0.15, 0.2) is 64.9 Å². The van der Waals surface area contributed by atoms with E-state index in [9.17, 15) is 14.9 Å². The number of carbonyl (C=O) groups is 1. The molecule has 0 bridgehead atoms. The first-order valence-corrected chi connectivity index (χ1v) is 7.81. The van der Waals surface area contributed by atoms with Gasteiger partial charge in [0.25, 0.3) is 11.6 Å². The van der Waals surface area contributed by atoms with Crippen LogP contribution in [0.3, 0.4) is 0 Å². The number of benzene rings is 2. The van der Waals surface area contributed by atoms with E-state index in [-0.39, 0.29) is 17.2 Å². The minimum absolute atomic E-state index is 0.115.